The van der Waals surface area contributed by atoms with Gasteiger partial charge in [-0.1, -0.05) is 13.0 Å². The first-order valence-electron chi connectivity index (χ1n) is 7.63. The zero-order chi connectivity index (χ0) is 16.0. The Balaban J connectivity index is 2.00. The van der Waals surface area contributed by atoms with E-state index in [4.69, 9.17) is 0 Å². The number of rotatable bonds is 2. The van der Waals surface area contributed by atoms with Crippen molar-refractivity contribution in [2.75, 3.05) is 0 Å². The minimum Gasteiger partial charge on any atom is -0.306 e. The second-order valence-corrected chi connectivity index (χ2v) is 5.63. The van der Waals surface area contributed by atoms with Gasteiger partial charge in [-0.3, -0.25) is 9.20 Å². The van der Waals surface area contributed by atoms with Crippen molar-refractivity contribution in [1.82, 2.24) is 18.8 Å². The van der Waals surface area contributed by atoms with E-state index in [9.17, 15) is 4.79 Å². The van der Waals surface area contributed by atoms with Crippen LogP contribution < -0.4 is 5.56 Å². The molecule has 0 radical (unpaired) electrons. The molecule has 0 aliphatic carbocycles. The predicted octanol–water partition coefficient (Wildman–Crippen LogP) is 2.88. The van der Waals surface area contributed by atoms with E-state index in [1.54, 1.807) is 16.7 Å². The van der Waals surface area contributed by atoms with Crippen molar-refractivity contribution < 1.29 is 0 Å². The van der Waals surface area contributed by atoms with Gasteiger partial charge >= 0.3 is 0 Å². The minimum atomic E-state index is -0.0782. The van der Waals surface area contributed by atoms with Crippen LogP contribution in [-0.2, 0) is 6.42 Å². The lowest BCUT2D eigenvalue weighted by atomic mass is 10.1. The van der Waals surface area contributed by atoms with Crippen molar-refractivity contribution in [2.45, 2.75) is 20.3 Å². The Morgan fingerprint density at radius 2 is 2.00 bits per heavy atom. The molecule has 0 saturated carbocycles. The lowest BCUT2D eigenvalue weighted by Crippen LogP contribution is -2.13. The van der Waals surface area contributed by atoms with Crippen molar-refractivity contribution in [2.24, 2.45) is 0 Å². The van der Waals surface area contributed by atoms with Crippen molar-refractivity contribution in [1.29, 1.82) is 0 Å². The molecule has 0 N–H and O–H groups in total. The molecule has 5 nitrogen and oxygen atoms in total. The Hall–Kier alpha value is -2.95. The number of fused-ring (bicyclic) bond motifs is 2. The second-order valence-electron chi connectivity index (χ2n) is 5.63. The van der Waals surface area contributed by atoms with Crippen LogP contribution in [0.4, 0.5) is 0 Å². The number of hydrogen-bond donors (Lipinski definition) is 0. The summed E-state index contributed by atoms with van der Waals surface area (Å²) in [7, 11) is 0. The van der Waals surface area contributed by atoms with E-state index in [0.717, 1.165) is 28.9 Å². The molecule has 4 aromatic rings. The van der Waals surface area contributed by atoms with Gasteiger partial charge in [0, 0.05) is 30.2 Å². The van der Waals surface area contributed by atoms with E-state index >= 15 is 0 Å². The third-order valence-corrected chi connectivity index (χ3v) is 4.00. The summed E-state index contributed by atoms with van der Waals surface area (Å²) in [4.78, 5) is 21.5. The van der Waals surface area contributed by atoms with Crippen molar-refractivity contribution in [3.63, 3.8) is 0 Å². The van der Waals surface area contributed by atoms with Crippen molar-refractivity contribution >= 4 is 11.3 Å². The summed E-state index contributed by atoms with van der Waals surface area (Å²) in [5.74, 6) is 0. The molecule has 0 saturated heterocycles. The zero-order valence-corrected chi connectivity index (χ0v) is 13.0. The molecule has 4 rings (SSSR count). The molecule has 5 heteroatoms. The van der Waals surface area contributed by atoms with Gasteiger partial charge in [-0.25, -0.2) is 9.97 Å². The number of imidazole rings is 1. The van der Waals surface area contributed by atoms with Crippen LogP contribution in [-0.4, -0.2) is 18.8 Å². The number of hydrogen-bond acceptors (Lipinski definition) is 3. The van der Waals surface area contributed by atoms with E-state index in [0.29, 0.717) is 11.3 Å². The normalized spacial score (nSPS) is 11.4. The van der Waals surface area contributed by atoms with Crippen LogP contribution in [0, 0.1) is 6.92 Å². The van der Waals surface area contributed by atoms with E-state index in [1.165, 1.54) is 0 Å². The molecule has 0 aliphatic heterocycles. The van der Waals surface area contributed by atoms with E-state index in [-0.39, 0.29) is 5.56 Å². The van der Waals surface area contributed by atoms with Crippen LogP contribution in [0.25, 0.3) is 22.6 Å². The minimum absolute atomic E-state index is 0.0782. The van der Waals surface area contributed by atoms with Crippen molar-refractivity contribution in [3.8, 4) is 11.3 Å². The predicted molar refractivity (Wildman–Crippen MR) is 89.8 cm³/mol. The summed E-state index contributed by atoms with van der Waals surface area (Å²) in [6.45, 7) is 4.08. The van der Waals surface area contributed by atoms with Gasteiger partial charge in [-0.2, -0.15) is 0 Å². The van der Waals surface area contributed by atoms with E-state index < -0.39 is 0 Å². The maximum atomic E-state index is 12.3. The molecule has 114 valence electrons. The molecule has 0 unspecified atom stereocenters. The van der Waals surface area contributed by atoms with Gasteiger partial charge in [0.25, 0.3) is 5.56 Å². The number of aryl methyl sites for hydroxylation is 2. The molecule has 0 spiro atoms. The van der Waals surface area contributed by atoms with Crippen LogP contribution in [0.15, 0.2) is 53.7 Å². The van der Waals surface area contributed by atoms with Gasteiger partial charge in [-0.15, -0.1) is 0 Å². The molecule has 4 aromatic heterocycles. The summed E-state index contributed by atoms with van der Waals surface area (Å²) in [6, 6.07) is 9.20. The standard InChI is InChI=1S/C18H16N4O/c1-3-13-8-14(11-21-10-12(2)19-18(13)21)15-9-17(23)22-7-5-4-6-16(22)20-15/h4-11H,3H2,1-2H3. The molecule has 0 atom stereocenters. The maximum Gasteiger partial charge on any atom is 0.258 e. The van der Waals surface area contributed by atoms with E-state index in [1.807, 2.05) is 41.9 Å². The molecule has 0 aromatic carbocycles. The Kier molecular flexibility index (Phi) is 3.01. The Morgan fingerprint density at radius 3 is 2.83 bits per heavy atom. The third-order valence-electron chi connectivity index (χ3n) is 4.00. The molecular formula is C18H16N4O. The Morgan fingerprint density at radius 1 is 1.13 bits per heavy atom. The summed E-state index contributed by atoms with van der Waals surface area (Å²) in [6.07, 6.45) is 6.58. The van der Waals surface area contributed by atoms with Gasteiger partial charge in [0.2, 0.25) is 0 Å². The maximum absolute atomic E-state index is 12.3. The Bertz CT molecular complexity index is 1090. The van der Waals surface area contributed by atoms with Crippen LogP contribution in [0.1, 0.15) is 18.2 Å². The smallest absolute Gasteiger partial charge is 0.258 e. The van der Waals surface area contributed by atoms with Crippen LogP contribution in [0.2, 0.25) is 0 Å². The summed E-state index contributed by atoms with van der Waals surface area (Å²) >= 11 is 0. The number of pyridine rings is 2. The largest absolute Gasteiger partial charge is 0.306 e. The highest BCUT2D eigenvalue weighted by Gasteiger charge is 2.10. The highest BCUT2D eigenvalue weighted by Crippen LogP contribution is 2.22. The van der Waals surface area contributed by atoms with Crippen LogP contribution in [0.5, 0.6) is 0 Å². The highest BCUT2D eigenvalue weighted by molar-refractivity contribution is 5.65. The van der Waals surface area contributed by atoms with E-state index in [2.05, 4.69) is 23.0 Å². The highest BCUT2D eigenvalue weighted by atomic mass is 16.1. The second kappa shape index (κ2) is 5.05. The SMILES string of the molecule is CCc1cc(-c2cc(=O)n3ccccc3n2)cn2cc(C)nc12. The van der Waals surface area contributed by atoms with Gasteiger partial charge in [-0.05, 0) is 37.1 Å². The Labute approximate surface area is 132 Å². The lowest BCUT2D eigenvalue weighted by molar-refractivity contribution is 1.04. The molecule has 0 amide bonds. The number of aromatic nitrogens is 4. The topological polar surface area (TPSA) is 51.7 Å². The van der Waals surface area contributed by atoms with Gasteiger partial charge < -0.3 is 4.40 Å². The molecular weight excluding hydrogens is 288 g/mol. The molecule has 0 fully saturated rings. The summed E-state index contributed by atoms with van der Waals surface area (Å²) in [5.41, 5.74) is 5.26. The fourth-order valence-corrected chi connectivity index (χ4v) is 2.89. The quantitative estimate of drug-likeness (QED) is 0.572. The molecule has 4 heterocycles. The fraction of sp³-hybridized carbons (Fsp3) is 0.167. The average Bonchev–Trinajstić information content (AvgIpc) is 2.94. The van der Waals surface area contributed by atoms with Crippen molar-refractivity contribution in [3.05, 3.63) is 70.5 Å². The number of nitrogens with zero attached hydrogens (tertiary/aromatic N) is 4. The van der Waals surface area contributed by atoms with Gasteiger partial charge in [0.1, 0.15) is 11.3 Å². The zero-order valence-electron chi connectivity index (χ0n) is 13.0. The first kappa shape index (κ1) is 13.7. The average molecular weight is 304 g/mol. The first-order valence-corrected chi connectivity index (χ1v) is 7.63. The third kappa shape index (κ3) is 2.21. The summed E-state index contributed by atoms with van der Waals surface area (Å²) in [5, 5.41) is 0. The van der Waals surface area contributed by atoms with Gasteiger partial charge in [0.15, 0.2) is 0 Å². The lowest BCUT2D eigenvalue weighted by Gasteiger charge is -2.07. The van der Waals surface area contributed by atoms with Crippen LogP contribution in [0.3, 0.4) is 0 Å². The molecule has 23 heavy (non-hydrogen) atoms. The summed E-state index contributed by atoms with van der Waals surface area (Å²) < 4.78 is 3.56. The first-order chi connectivity index (χ1) is 11.2. The monoisotopic (exact) mass is 304 g/mol. The fourth-order valence-electron chi connectivity index (χ4n) is 2.89. The molecule has 0 bridgehead atoms. The van der Waals surface area contributed by atoms with Gasteiger partial charge in [0.05, 0.1) is 11.4 Å². The van der Waals surface area contributed by atoms with Crippen LogP contribution >= 0.6 is 0 Å². The molecule has 0 aliphatic rings.